The third kappa shape index (κ3) is 4.03. The highest BCUT2D eigenvalue weighted by atomic mass is 16.2. The Bertz CT molecular complexity index is 1070. The van der Waals surface area contributed by atoms with E-state index in [2.05, 4.69) is 15.5 Å². The van der Waals surface area contributed by atoms with Crippen LogP contribution in [0.4, 0.5) is 11.5 Å². The van der Waals surface area contributed by atoms with Crippen LogP contribution >= 0.6 is 0 Å². The molecule has 1 saturated carbocycles. The molecular formula is C25H31N5O3. The summed E-state index contributed by atoms with van der Waals surface area (Å²) >= 11 is 0. The van der Waals surface area contributed by atoms with Crippen molar-refractivity contribution in [2.45, 2.75) is 70.4 Å². The number of fused-ring (bicyclic) bond motifs is 3. The van der Waals surface area contributed by atoms with Gasteiger partial charge in [-0.2, -0.15) is 5.10 Å². The molecule has 2 fully saturated rings. The SMILES string of the molecule is CC12CCC(=O)N1c1ccccc1C(=O)N2CCC(=O)Nc1cc(CC2CCCCC2)[nH]n1. The van der Waals surface area contributed by atoms with Crippen molar-refractivity contribution in [1.29, 1.82) is 0 Å². The first-order chi connectivity index (χ1) is 16.0. The minimum atomic E-state index is -0.748. The zero-order valence-electron chi connectivity index (χ0n) is 19.1. The molecule has 5 rings (SSSR count). The summed E-state index contributed by atoms with van der Waals surface area (Å²) in [5.41, 5.74) is 1.47. The maximum absolute atomic E-state index is 13.3. The van der Waals surface area contributed by atoms with Gasteiger partial charge >= 0.3 is 0 Å². The van der Waals surface area contributed by atoms with Gasteiger partial charge in [0.05, 0.1) is 11.3 Å². The van der Waals surface area contributed by atoms with Gasteiger partial charge in [0, 0.05) is 31.1 Å². The number of amides is 3. The van der Waals surface area contributed by atoms with Gasteiger partial charge in [0.2, 0.25) is 11.8 Å². The van der Waals surface area contributed by atoms with Gasteiger partial charge in [0.15, 0.2) is 5.82 Å². The number of nitrogens with zero attached hydrogens (tertiary/aromatic N) is 3. The number of anilines is 2. The maximum Gasteiger partial charge on any atom is 0.257 e. The molecule has 3 heterocycles. The first-order valence-electron chi connectivity index (χ1n) is 12.0. The molecule has 0 bridgehead atoms. The molecule has 2 aliphatic heterocycles. The first-order valence-corrected chi connectivity index (χ1v) is 12.0. The predicted molar refractivity (Wildman–Crippen MR) is 125 cm³/mol. The Labute approximate surface area is 193 Å². The van der Waals surface area contributed by atoms with Crippen LogP contribution in [-0.2, 0) is 16.0 Å². The van der Waals surface area contributed by atoms with E-state index in [0.29, 0.717) is 35.8 Å². The third-order valence-electron chi connectivity index (χ3n) is 7.44. The van der Waals surface area contributed by atoms with Crippen molar-refractivity contribution in [3.05, 3.63) is 41.6 Å². The molecule has 1 saturated heterocycles. The highest BCUT2D eigenvalue weighted by Crippen LogP contribution is 2.44. The quantitative estimate of drug-likeness (QED) is 0.700. The highest BCUT2D eigenvalue weighted by molar-refractivity contribution is 6.10. The number of carbonyl (C=O) groups excluding carboxylic acids is 3. The molecule has 0 spiro atoms. The highest BCUT2D eigenvalue weighted by Gasteiger charge is 2.52. The fourth-order valence-corrected chi connectivity index (χ4v) is 5.69. The average Bonchev–Trinajstić information content (AvgIpc) is 3.37. The van der Waals surface area contributed by atoms with Crippen LogP contribution in [0.5, 0.6) is 0 Å². The van der Waals surface area contributed by atoms with Crippen LogP contribution in [0.1, 0.15) is 74.3 Å². The summed E-state index contributed by atoms with van der Waals surface area (Å²) in [6.07, 6.45) is 8.47. The van der Waals surface area contributed by atoms with Crippen molar-refractivity contribution in [3.63, 3.8) is 0 Å². The standard InChI is InChI=1S/C25H31N5O3/c1-25-13-11-23(32)30(25)20-10-6-5-9-19(20)24(33)29(25)14-12-22(31)26-21-16-18(27-28-21)15-17-7-3-2-4-8-17/h5-6,9-10,16-17H,2-4,7-8,11-15H2,1H3,(H2,26,27,28,31). The summed E-state index contributed by atoms with van der Waals surface area (Å²) in [6, 6.07) is 9.11. The van der Waals surface area contributed by atoms with Gasteiger partial charge in [0.1, 0.15) is 5.66 Å². The summed E-state index contributed by atoms with van der Waals surface area (Å²) in [5, 5.41) is 10.2. The van der Waals surface area contributed by atoms with Crippen molar-refractivity contribution in [3.8, 4) is 0 Å². The number of para-hydroxylation sites is 1. The van der Waals surface area contributed by atoms with Crippen LogP contribution in [-0.4, -0.2) is 45.0 Å². The van der Waals surface area contributed by atoms with Crippen LogP contribution in [0, 0.1) is 5.92 Å². The van der Waals surface area contributed by atoms with E-state index in [1.807, 2.05) is 25.1 Å². The van der Waals surface area contributed by atoms with Gasteiger partial charge in [-0.15, -0.1) is 0 Å². The Balaban J connectivity index is 1.23. The lowest BCUT2D eigenvalue weighted by molar-refractivity contribution is -0.117. The van der Waals surface area contributed by atoms with E-state index >= 15 is 0 Å². The van der Waals surface area contributed by atoms with E-state index in [4.69, 9.17) is 0 Å². The van der Waals surface area contributed by atoms with Gasteiger partial charge in [-0.05, 0) is 37.8 Å². The molecular weight excluding hydrogens is 418 g/mol. The predicted octanol–water partition coefficient (Wildman–Crippen LogP) is 3.86. The molecule has 1 aromatic heterocycles. The second-order valence-electron chi connectivity index (χ2n) is 9.70. The van der Waals surface area contributed by atoms with Crippen molar-refractivity contribution in [1.82, 2.24) is 15.1 Å². The number of carbonyl (C=O) groups is 3. The molecule has 2 aromatic rings. The monoisotopic (exact) mass is 449 g/mol. The lowest BCUT2D eigenvalue weighted by Gasteiger charge is -2.48. The van der Waals surface area contributed by atoms with E-state index in [1.165, 1.54) is 32.1 Å². The van der Waals surface area contributed by atoms with Crippen LogP contribution in [0.25, 0.3) is 0 Å². The molecule has 3 amide bonds. The number of benzene rings is 1. The summed E-state index contributed by atoms with van der Waals surface area (Å²) in [7, 11) is 0. The van der Waals surface area contributed by atoms with Gasteiger partial charge in [-0.1, -0.05) is 44.2 Å². The topological polar surface area (TPSA) is 98.4 Å². The zero-order valence-corrected chi connectivity index (χ0v) is 19.1. The Morgan fingerprint density at radius 3 is 2.82 bits per heavy atom. The number of aromatic nitrogens is 2. The summed E-state index contributed by atoms with van der Waals surface area (Å²) in [5.74, 6) is 0.880. The fourth-order valence-electron chi connectivity index (χ4n) is 5.69. The summed E-state index contributed by atoms with van der Waals surface area (Å²) in [4.78, 5) is 42.0. The molecule has 1 aliphatic carbocycles. The number of aromatic amines is 1. The number of rotatable bonds is 6. The molecule has 8 heteroatoms. The molecule has 2 N–H and O–H groups in total. The summed E-state index contributed by atoms with van der Waals surface area (Å²) < 4.78 is 0. The van der Waals surface area contributed by atoms with Crippen molar-refractivity contribution in [2.24, 2.45) is 5.92 Å². The van der Waals surface area contributed by atoms with E-state index in [0.717, 1.165) is 12.1 Å². The fraction of sp³-hybridized carbons (Fsp3) is 0.520. The molecule has 1 atom stereocenters. The maximum atomic E-state index is 13.3. The first kappa shape index (κ1) is 21.7. The second-order valence-corrected chi connectivity index (χ2v) is 9.70. The van der Waals surface area contributed by atoms with Gasteiger partial charge in [-0.3, -0.25) is 24.4 Å². The molecule has 1 unspecified atom stereocenters. The van der Waals surface area contributed by atoms with Crippen LogP contribution < -0.4 is 10.2 Å². The Morgan fingerprint density at radius 1 is 1.21 bits per heavy atom. The largest absolute Gasteiger partial charge is 0.315 e. The average molecular weight is 450 g/mol. The number of hydrogen-bond donors (Lipinski definition) is 2. The number of H-pyrrole nitrogens is 1. The Hall–Kier alpha value is -3.16. The molecule has 0 radical (unpaired) electrons. The Kier molecular flexibility index (Phi) is 5.68. The normalized spacial score (nSPS) is 22.9. The van der Waals surface area contributed by atoms with E-state index < -0.39 is 5.66 Å². The van der Waals surface area contributed by atoms with Crippen molar-refractivity contribution < 1.29 is 14.4 Å². The van der Waals surface area contributed by atoms with Gasteiger partial charge < -0.3 is 10.2 Å². The molecule has 3 aliphatic rings. The summed E-state index contributed by atoms with van der Waals surface area (Å²) in [6.45, 7) is 2.15. The van der Waals surface area contributed by atoms with Crippen LogP contribution in [0.15, 0.2) is 30.3 Å². The van der Waals surface area contributed by atoms with Gasteiger partial charge in [0.25, 0.3) is 5.91 Å². The molecule has 1 aromatic carbocycles. The van der Waals surface area contributed by atoms with Crippen molar-refractivity contribution in [2.75, 3.05) is 16.8 Å². The second kappa shape index (κ2) is 8.65. The van der Waals surface area contributed by atoms with Crippen LogP contribution in [0.2, 0.25) is 0 Å². The molecule has 8 nitrogen and oxygen atoms in total. The van der Waals surface area contributed by atoms with Crippen LogP contribution in [0.3, 0.4) is 0 Å². The third-order valence-corrected chi connectivity index (χ3v) is 7.44. The smallest absolute Gasteiger partial charge is 0.257 e. The Morgan fingerprint density at radius 2 is 2.00 bits per heavy atom. The lowest BCUT2D eigenvalue weighted by atomic mass is 9.86. The minimum Gasteiger partial charge on any atom is -0.315 e. The lowest BCUT2D eigenvalue weighted by Crippen LogP contribution is -2.62. The molecule has 33 heavy (non-hydrogen) atoms. The zero-order chi connectivity index (χ0) is 23.0. The van der Waals surface area contributed by atoms with E-state index in [9.17, 15) is 14.4 Å². The molecule has 174 valence electrons. The van der Waals surface area contributed by atoms with Gasteiger partial charge in [-0.25, -0.2) is 0 Å². The minimum absolute atomic E-state index is 0.00826. The van der Waals surface area contributed by atoms with E-state index in [1.54, 1.807) is 21.9 Å². The number of nitrogens with one attached hydrogen (secondary N) is 2. The number of hydrogen-bond acceptors (Lipinski definition) is 4. The van der Waals surface area contributed by atoms with Crippen molar-refractivity contribution >= 4 is 29.2 Å². The van der Waals surface area contributed by atoms with E-state index in [-0.39, 0.29) is 30.7 Å².